The monoisotopic (exact) mass is 300 g/mol. The van der Waals surface area contributed by atoms with Gasteiger partial charge in [-0.25, -0.2) is 0 Å². The number of hydrogen-bond donors (Lipinski definition) is 0. The van der Waals surface area contributed by atoms with Gasteiger partial charge in [-0.1, -0.05) is 108 Å². The molecule has 0 aromatic heterocycles. The predicted molar refractivity (Wildman–Crippen MR) is 97.6 cm³/mol. The Morgan fingerprint density at radius 1 is 0.636 bits per heavy atom. The molecular weight excluding hydrogens is 263 g/mol. The maximum absolute atomic E-state index is 2.62. The van der Waals surface area contributed by atoms with E-state index in [1.807, 2.05) is 0 Å². The van der Waals surface area contributed by atoms with Gasteiger partial charge in [-0.2, -0.15) is 0 Å². The first-order valence-electron chi connectivity index (χ1n) is 10.6. The first-order valence-corrected chi connectivity index (χ1v) is 10.6. The second kappa shape index (κ2) is 6.17. The van der Waals surface area contributed by atoms with Crippen molar-refractivity contribution in [3.05, 3.63) is 0 Å². The molecule has 6 fully saturated rings. The van der Waals surface area contributed by atoms with Crippen molar-refractivity contribution in [1.29, 1.82) is 0 Å². The van der Waals surface area contributed by atoms with Gasteiger partial charge in [0.15, 0.2) is 0 Å². The van der Waals surface area contributed by atoms with Crippen molar-refractivity contribution < 1.29 is 0 Å². The Hall–Kier alpha value is 0.0649. The van der Waals surface area contributed by atoms with Crippen molar-refractivity contribution in [3.63, 3.8) is 0 Å². The van der Waals surface area contributed by atoms with E-state index >= 15 is 0 Å². The summed E-state index contributed by atoms with van der Waals surface area (Å²) in [6, 6.07) is 0. The Morgan fingerprint density at radius 2 is 1.05 bits per heavy atom. The lowest BCUT2D eigenvalue weighted by Crippen LogP contribution is -2.46. The summed E-state index contributed by atoms with van der Waals surface area (Å²) < 4.78 is 0. The highest BCUT2D eigenvalue weighted by molar-refractivity contribution is 6.64. The minimum Gasteiger partial charge on any atom is -0.0688 e. The molecule has 4 bridgehead atoms. The quantitative estimate of drug-likeness (QED) is 0.507. The fourth-order valence-electron chi connectivity index (χ4n) is 7.34. The van der Waals surface area contributed by atoms with Crippen LogP contribution in [0.25, 0.3) is 0 Å². The lowest BCUT2D eigenvalue weighted by molar-refractivity contribution is 0.151. The van der Waals surface area contributed by atoms with E-state index in [1.165, 1.54) is 0 Å². The van der Waals surface area contributed by atoms with E-state index < -0.39 is 0 Å². The molecule has 0 aliphatic heterocycles. The van der Waals surface area contributed by atoms with Gasteiger partial charge in [0.05, 0.1) is 0 Å². The van der Waals surface area contributed by atoms with Crippen LogP contribution in [0, 0.1) is 29.6 Å². The van der Waals surface area contributed by atoms with Crippen molar-refractivity contribution in [2.24, 2.45) is 29.6 Å². The highest BCUT2D eigenvalue weighted by Gasteiger charge is 2.50. The van der Waals surface area contributed by atoms with Crippen molar-refractivity contribution in [3.8, 4) is 0 Å². The molecule has 0 N–H and O–H groups in total. The van der Waals surface area contributed by atoms with Crippen LogP contribution in [0.1, 0.15) is 85.0 Å². The van der Waals surface area contributed by atoms with Crippen LogP contribution in [0.15, 0.2) is 0 Å². The van der Waals surface area contributed by atoms with Crippen LogP contribution < -0.4 is 0 Å². The molecule has 1 unspecified atom stereocenters. The zero-order valence-electron chi connectivity index (χ0n) is 15.3. The molecule has 0 heterocycles. The van der Waals surface area contributed by atoms with Crippen molar-refractivity contribution in [2.75, 3.05) is 0 Å². The van der Waals surface area contributed by atoms with E-state index in [2.05, 4.69) is 20.8 Å². The second-order valence-electron chi connectivity index (χ2n) is 10.0. The summed E-state index contributed by atoms with van der Waals surface area (Å²) in [6.07, 6.45) is 15.8. The van der Waals surface area contributed by atoms with Crippen LogP contribution >= 0.6 is 0 Å². The van der Waals surface area contributed by atoms with E-state index in [1.54, 1.807) is 64.2 Å². The van der Waals surface area contributed by atoms with Gasteiger partial charge >= 0.3 is 0 Å². The van der Waals surface area contributed by atoms with E-state index in [0.29, 0.717) is 0 Å². The molecule has 0 aromatic rings. The van der Waals surface area contributed by atoms with Crippen molar-refractivity contribution in [1.82, 2.24) is 0 Å². The highest BCUT2D eigenvalue weighted by Crippen LogP contribution is 2.59. The van der Waals surface area contributed by atoms with E-state index in [0.717, 1.165) is 53.8 Å². The van der Waals surface area contributed by atoms with Crippen molar-refractivity contribution in [2.45, 2.75) is 102 Å². The second-order valence-corrected chi connectivity index (χ2v) is 10.0. The Labute approximate surface area is 139 Å². The molecule has 0 spiro atoms. The summed E-state index contributed by atoms with van der Waals surface area (Å²) in [6.45, 7) is 8.70. The van der Waals surface area contributed by atoms with Gasteiger partial charge in [-0.15, -0.1) is 0 Å². The molecule has 0 amide bonds. The van der Waals surface area contributed by atoms with Gasteiger partial charge in [0.2, 0.25) is 0 Å². The molecule has 1 heteroatoms. The molecule has 6 rings (SSSR count). The summed E-state index contributed by atoms with van der Waals surface area (Å²) in [4.78, 5) is 0. The van der Waals surface area contributed by atoms with Crippen molar-refractivity contribution >= 4 is 6.71 Å². The maximum Gasteiger partial charge on any atom is 0.150 e. The Kier molecular flexibility index (Phi) is 4.37. The van der Waals surface area contributed by atoms with Crippen LogP contribution in [0.4, 0.5) is 0 Å². The third kappa shape index (κ3) is 2.69. The molecule has 0 radical (unpaired) electrons. The Balaban J connectivity index is 1.59. The summed E-state index contributed by atoms with van der Waals surface area (Å²) in [5, 5.41) is 0. The summed E-state index contributed by atoms with van der Waals surface area (Å²) in [5.74, 6) is 8.48. The highest BCUT2D eigenvalue weighted by atomic mass is 14.4. The van der Waals surface area contributed by atoms with Crippen LogP contribution in [0.3, 0.4) is 0 Å². The largest absolute Gasteiger partial charge is 0.150 e. The minimum absolute atomic E-state index is 0.880. The first kappa shape index (κ1) is 15.6. The van der Waals surface area contributed by atoms with Gasteiger partial charge in [0.25, 0.3) is 0 Å². The molecule has 22 heavy (non-hydrogen) atoms. The normalized spacial score (nSPS) is 45.3. The summed E-state index contributed by atoms with van der Waals surface area (Å²) in [5.41, 5.74) is 0. The Morgan fingerprint density at radius 3 is 1.32 bits per heavy atom. The molecule has 3 atom stereocenters. The summed E-state index contributed by atoms with van der Waals surface area (Å²) in [7, 11) is 0. The molecule has 124 valence electrons. The lowest BCUT2D eigenvalue weighted by atomic mass is 9.20. The van der Waals surface area contributed by atoms with Gasteiger partial charge in [-0.3, -0.25) is 0 Å². The molecule has 0 saturated heterocycles. The minimum atomic E-state index is 0.880. The average molecular weight is 300 g/mol. The molecule has 6 saturated carbocycles. The zero-order valence-corrected chi connectivity index (χ0v) is 15.3. The van der Waals surface area contributed by atoms with Gasteiger partial charge in [0.1, 0.15) is 6.71 Å². The molecule has 6 aliphatic carbocycles. The third-order valence-corrected chi connectivity index (χ3v) is 8.85. The van der Waals surface area contributed by atoms with Gasteiger partial charge < -0.3 is 0 Å². The first-order chi connectivity index (χ1) is 10.6. The fourth-order valence-corrected chi connectivity index (χ4v) is 7.34. The summed E-state index contributed by atoms with van der Waals surface area (Å²) >= 11 is 0. The van der Waals surface area contributed by atoms with Crippen LogP contribution in [-0.4, -0.2) is 6.71 Å². The zero-order chi connectivity index (χ0) is 15.3. The molecule has 6 aliphatic rings. The third-order valence-electron chi connectivity index (χ3n) is 8.85. The fraction of sp³-hybridized carbons (Fsp3) is 1.00. The SMILES string of the molecule is CC(C)C(C)B([C@H]1CC2CCC1CC2)[C@H]1CC2CCC1CC2. The molecular formula is C21H37B. The van der Waals surface area contributed by atoms with Gasteiger partial charge in [-0.05, 0) is 23.7 Å². The maximum atomic E-state index is 2.62. The predicted octanol–water partition coefficient (Wildman–Crippen LogP) is 6.69. The average Bonchev–Trinajstić information content (AvgIpc) is 2.57. The van der Waals surface area contributed by atoms with Crippen LogP contribution in [-0.2, 0) is 0 Å². The van der Waals surface area contributed by atoms with E-state index in [-0.39, 0.29) is 0 Å². The smallest absolute Gasteiger partial charge is 0.0688 e. The number of hydrogen-bond acceptors (Lipinski definition) is 0. The Bertz CT molecular complexity index is 343. The number of rotatable bonds is 4. The van der Waals surface area contributed by atoms with E-state index in [9.17, 15) is 0 Å². The standard InChI is InChI=1S/C21H37B/c1-14(2)15(3)22(20-12-16-4-8-18(20)9-5-16)21-13-17-6-10-19(21)11-7-17/h14-21H,4-13H2,1-3H3/t15?,16?,17?,18?,19?,20-,21-/m0/s1. The lowest BCUT2D eigenvalue weighted by Gasteiger charge is -2.53. The van der Waals surface area contributed by atoms with Gasteiger partial charge in [0, 0.05) is 0 Å². The number of fused-ring (bicyclic) bond motifs is 6. The van der Waals surface area contributed by atoms with Crippen LogP contribution in [0.2, 0.25) is 17.5 Å². The van der Waals surface area contributed by atoms with E-state index in [4.69, 9.17) is 0 Å². The van der Waals surface area contributed by atoms with Crippen LogP contribution in [0.5, 0.6) is 0 Å². The molecule has 0 nitrogen and oxygen atoms in total. The molecule has 0 aromatic carbocycles. The topological polar surface area (TPSA) is 0 Å².